The SMILES string of the molecule is O=C(O)C=Cc1ccsc1CNC(=O)C1CCC1. The van der Waals surface area contributed by atoms with E-state index in [1.165, 1.54) is 11.3 Å². The third-order valence-corrected chi connectivity index (χ3v) is 4.02. The maximum Gasteiger partial charge on any atom is 0.328 e. The van der Waals surface area contributed by atoms with Crippen molar-refractivity contribution < 1.29 is 14.7 Å². The number of hydrogen-bond acceptors (Lipinski definition) is 3. The number of aliphatic carboxylic acids is 1. The van der Waals surface area contributed by atoms with Crippen molar-refractivity contribution in [1.82, 2.24) is 5.32 Å². The van der Waals surface area contributed by atoms with Crippen LogP contribution in [-0.2, 0) is 16.1 Å². The highest BCUT2D eigenvalue weighted by atomic mass is 32.1. The van der Waals surface area contributed by atoms with Crippen LogP contribution in [0, 0.1) is 5.92 Å². The third-order valence-electron chi connectivity index (χ3n) is 3.08. The van der Waals surface area contributed by atoms with Crippen molar-refractivity contribution in [2.45, 2.75) is 25.8 Å². The van der Waals surface area contributed by atoms with E-state index in [9.17, 15) is 9.59 Å². The van der Waals surface area contributed by atoms with Crippen molar-refractivity contribution in [1.29, 1.82) is 0 Å². The molecule has 0 radical (unpaired) electrons. The number of carbonyl (C=O) groups excluding carboxylic acids is 1. The average molecular weight is 265 g/mol. The van der Waals surface area contributed by atoms with Gasteiger partial charge in [0.2, 0.25) is 5.91 Å². The maximum absolute atomic E-state index is 11.7. The molecule has 0 aliphatic heterocycles. The molecule has 5 heteroatoms. The predicted octanol–water partition coefficient (Wildman–Crippen LogP) is 2.26. The first-order valence-electron chi connectivity index (χ1n) is 5.92. The molecule has 96 valence electrons. The van der Waals surface area contributed by atoms with E-state index in [1.54, 1.807) is 6.08 Å². The van der Waals surface area contributed by atoms with Crippen LogP contribution in [0.5, 0.6) is 0 Å². The quantitative estimate of drug-likeness (QED) is 0.802. The predicted molar refractivity (Wildman–Crippen MR) is 70.2 cm³/mol. The van der Waals surface area contributed by atoms with E-state index in [1.807, 2.05) is 11.4 Å². The second-order valence-electron chi connectivity index (χ2n) is 4.32. The molecule has 1 aromatic rings. The summed E-state index contributed by atoms with van der Waals surface area (Å²) in [7, 11) is 0. The van der Waals surface area contributed by atoms with Gasteiger partial charge in [0, 0.05) is 16.9 Å². The zero-order valence-corrected chi connectivity index (χ0v) is 10.7. The summed E-state index contributed by atoms with van der Waals surface area (Å²) in [5, 5.41) is 13.4. The van der Waals surface area contributed by atoms with E-state index >= 15 is 0 Å². The van der Waals surface area contributed by atoms with Crippen molar-refractivity contribution in [3.05, 3.63) is 28.0 Å². The fourth-order valence-electron chi connectivity index (χ4n) is 1.79. The molecule has 1 fully saturated rings. The van der Waals surface area contributed by atoms with Gasteiger partial charge in [-0.15, -0.1) is 11.3 Å². The smallest absolute Gasteiger partial charge is 0.328 e. The molecule has 0 saturated heterocycles. The lowest BCUT2D eigenvalue weighted by molar-refractivity contribution is -0.131. The van der Waals surface area contributed by atoms with Gasteiger partial charge in [-0.3, -0.25) is 4.79 Å². The lowest BCUT2D eigenvalue weighted by Gasteiger charge is -2.23. The zero-order valence-electron chi connectivity index (χ0n) is 9.89. The molecule has 2 N–H and O–H groups in total. The second kappa shape index (κ2) is 5.82. The summed E-state index contributed by atoms with van der Waals surface area (Å²) in [4.78, 5) is 23.1. The van der Waals surface area contributed by atoms with Crippen molar-refractivity contribution in [3.63, 3.8) is 0 Å². The number of thiophene rings is 1. The Labute approximate surface area is 109 Å². The lowest BCUT2D eigenvalue weighted by Crippen LogP contribution is -2.33. The number of carboxylic acids is 1. The van der Waals surface area contributed by atoms with Gasteiger partial charge in [-0.05, 0) is 35.9 Å². The van der Waals surface area contributed by atoms with Gasteiger partial charge in [0.1, 0.15) is 0 Å². The fourth-order valence-corrected chi connectivity index (χ4v) is 2.59. The molecule has 1 heterocycles. The highest BCUT2D eigenvalue weighted by molar-refractivity contribution is 7.10. The van der Waals surface area contributed by atoms with Crippen molar-refractivity contribution >= 4 is 29.3 Å². The minimum atomic E-state index is -0.967. The highest BCUT2D eigenvalue weighted by Gasteiger charge is 2.24. The van der Waals surface area contributed by atoms with Gasteiger partial charge >= 0.3 is 5.97 Å². The zero-order chi connectivity index (χ0) is 13.0. The summed E-state index contributed by atoms with van der Waals surface area (Å²) in [6.07, 6.45) is 5.79. The Balaban J connectivity index is 1.90. The average Bonchev–Trinajstić information content (AvgIpc) is 2.68. The normalized spacial score (nSPS) is 15.6. The van der Waals surface area contributed by atoms with Gasteiger partial charge in [0.25, 0.3) is 0 Å². The Hall–Kier alpha value is -1.62. The summed E-state index contributed by atoms with van der Waals surface area (Å²) in [6, 6.07) is 1.86. The number of amides is 1. The van der Waals surface area contributed by atoms with Gasteiger partial charge in [-0.1, -0.05) is 6.42 Å². The molecule has 2 rings (SSSR count). The van der Waals surface area contributed by atoms with Gasteiger partial charge in [-0.25, -0.2) is 4.79 Å². The molecule has 0 bridgehead atoms. The molecular weight excluding hydrogens is 250 g/mol. The van der Waals surface area contributed by atoms with Crippen LogP contribution in [0.2, 0.25) is 0 Å². The Morgan fingerprint density at radius 3 is 2.89 bits per heavy atom. The standard InChI is InChI=1S/C13H15NO3S/c15-12(16)5-4-9-6-7-18-11(9)8-14-13(17)10-2-1-3-10/h4-7,10H,1-3,8H2,(H,14,17)(H,15,16). The van der Waals surface area contributed by atoms with Crippen LogP contribution in [0.25, 0.3) is 6.08 Å². The molecule has 1 aliphatic carbocycles. The van der Waals surface area contributed by atoms with E-state index in [-0.39, 0.29) is 11.8 Å². The highest BCUT2D eigenvalue weighted by Crippen LogP contribution is 2.26. The van der Waals surface area contributed by atoms with E-state index in [0.29, 0.717) is 6.54 Å². The molecule has 18 heavy (non-hydrogen) atoms. The van der Waals surface area contributed by atoms with Gasteiger partial charge in [0.15, 0.2) is 0 Å². The van der Waals surface area contributed by atoms with Crippen LogP contribution in [-0.4, -0.2) is 17.0 Å². The number of carbonyl (C=O) groups is 2. The minimum absolute atomic E-state index is 0.114. The Morgan fingerprint density at radius 2 is 2.28 bits per heavy atom. The summed E-state index contributed by atoms with van der Waals surface area (Å²) in [6.45, 7) is 0.478. The summed E-state index contributed by atoms with van der Waals surface area (Å²) in [5.74, 6) is -0.670. The number of carboxylic acid groups (broad SMARTS) is 1. The van der Waals surface area contributed by atoms with Crippen molar-refractivity contribution in [2.75, 3.05) is 0 Å². The van der Waals surface area contributed by atoms with Crippen LogP contribution in [0.15, 0.2) is 17.5 Å². The molecule has 0 unspecified atom stereocenters. The van der Waals surface area contributed by atoms with Gasteiger partial charge in [0.05, 0.1) is 6.54 Å². The van der Waals surface area contributed by atoms with E-state index < -0.39 is 5.97 Å². The van der Waals surface area contributed by atoms with Gasteiger partial charge < -0.3 is 10.4 Å². The monoisotopic (exact) mass is 265 g/mol. The minimum Gasteiger partial charge on any atom is -0.478 e. The van der Waals surface area contributed by atoms with Crippen molar-refractivity contribution in [2.24, 2.45) is 5.92 Å². The fraction of sp³-hybridized carbons (Fsp3) is 0.385. The molecular formula is C13H15NO3S. The summed E-state index contributed by atoms with van der Waals surface area (Å²) < 4.78 is 0. The first-order chi connectivity index (χ1) is 8.66. The van der Waals surface area contributed by atoms with E-state index in [2.05, 4.69) is 5.32 Å². The molecule has 0 aromatic carbocycles. The van der Waals surface area contributed by atoms with Crippen molar-refractivity contribution in [3.8, 4) is 0 Å². The molecule has 1 saturated carbocycles. The van der Waals surface area contributed by atoms with Crippen LogP contribution in [0.1, 0.15) is 29.7 Å². The van der Waals surface area contributed by atoms with Crippen LogP contribution < -0.4 is 5.32 Å². The maximum atomic E-state index is 11.7. The topological polar surface area (TPSA) is 66.4 Å². The third kappa shape index (κ3) is 3.20. The second-order valence-corrected chi connectivity index (χ2v) is 5.32. The first kappa shape index (κ1) is 12.8. The Kier molecular flexibility index (Phi) is 4.15. The molecule has 1 aliphatic rings. The van der Waals surface area contributed by atoms with E-state index in [4.69, 9.17) is 5.11 Å². The molecule has 4 nitrogen and oxygen atoms in total. The molecule has 0 atom stereocenters. The summed E-state index contributed by atoms with van der Waals surface area (Å²) >= 11 is 1.52. The molecule has 1 aromatic heterocycles. The lowest BCUT2D eigenvalue weighted by atomic mass is 9.85. The van der Waals surface area contributed by atoms with Crippen LogP contribution in [0.4, 0.5) is 0 Å². The summed E-state index contributed by atoms with van der Waals surface area (Å²) in [5.41, 5.74) is 0.858. The molecule has 0 spiro atoms. The van der Waals surface area contributed by atoms with Crippen LogP contribution >= 0.6 is 11.3 Å². The Bertz CT molecular complexity index is 474. The first-order valence-corrected chi connectivity index (χ1v) is 6.80. The van der Waals surface area contributed by atoms with E-state index in [0.717, 1.165) is 35.8 Å². The number of hydrogen-bond donors (Lipinski definition) is 2. The van der Waals surface area contributed by atoms with Crippen LogP contribution in [0.3, 0.4) is 0 Å². The number of rotatable bonds is 5. The molecule has 1 amide bonds. The number of nitrogens with one attached hydrogen (secondary N) is 1. The Morgan fingerprint density at radius 1 is 1.50 bits per heavy atom. The van der Waals surface area contributed by atoms with Gasteiger partial charge in [-0.2, -0.15) is 0 Å². The largest absolute Gasteiger partial charge is 0.478 e.